The first kappa shape index (κ1) is 9.49. The molecule has 0 aliphatic rings. The lowest BCUT2D eigenvalue weighted by molar-refractivity contribution is 0.394. The molecule has 72 valence electrons. The van der Waals surface area contributed by atoms with Gasteiger partial charge in [-0.3, -0.25) is 0 Å². The molecule has 3 nitrogen and oxygen atoms in total. The Balaban J connectivity index is 2.51. The number of hydrogen-bond donors (Lipinski definition) is 0. The normalized spacial score (nSPS) is 10.5. The quantitative estimate of drug-likeness (QED) is 0.752. The van der Waals surface area contributed by atoms with E-state index in [1.54, 1.807) is 25.1 Å². The molecular formula is C9H6Cl2N2O. The summed E-state index contributed by atoms with van der Waals surface area (Å²) in [6, 6.07) is 5.12. The maximum Gasteiger partial charge on any atom is 0.223 e. The van der Waals surface area contributed by atoms with Crippen LogP contribution in [0.3, 0.4) is 0 Å². The largest absolute Gasteiger partial charge is 0.339 e. The third-order valence-electron chi connectivity index (χ3n) is 1.65. The van der Waals surface area contributed by atoms with Crippen LogP contribution >= 0.6 is 23.2 Å². The van der Waals surface area contributed by atoms with Crippen molar-refractivity contribution in [2.75, 3.05) is 0 Å². The fraction of sp³-hybridized carbons (Fsp3) is 0.111. The maximum absolute atomic E-state index is 5.84. The zero-order valence-electron chi connectivity index (χ0n) is 7.29. The minimum absolute atomic E-state index is 0.493. The van der Waals surface area contributed by atoms with Gasteiger partial charge in [0.05, 0.1) is 0 Å². The summed E-state index contributed by atoms with van der Waals surface area (Å²) in [7, 11) is 0. The molecule has 1 aromatic heterocycles. The zero-order valence-corrected chi connectivity index (χ0v) is 8.80. The molecule has 0 amide bonds. The molecule has 0 spiro atoms. The average Bonchev–Trinajstić information content (AvgIpc) is 2.50. The van der Waals surface area contributed by atoms with E-state index in [4.69, 9.17) is 27.7 Å². The molecule has 0 fully saturated rings. The van der Waals surface area contributed by atoms with Gasteiger partial charge < -0.3 is 4.52 Å². The molecular weight excluding hydrogens is 223 g/mol. The number of benzene rings is 1. The second-order valence-corrected chi connectivity index (χ2v) is 3.67. The molecule has 1 heterocycles. The Bertz CT molecular complexity index is 447. The Morgan fingerprint density at radius 2 is 1.79 bits per heavy atom. The van der Waals surface area contributed by atoms with E-state index in [1.807, 2.05) is 0 Å². The van der Waals surface area contributed by atoms with Gasteiger partial charge >= 0.3 is 0 Å². The van der Waals surface area contributed by atoms with E-state index in [0.29, 0.717) is 21.8 Å². The van der Waals surface area contributed by atoms with Crippen LogP contribution in [-0.4, -0.2) is 10.1 Å². The van der Waals surface area contributed by atoms with Crippen LogP contribution in [0.5, 0.6) is 0 Å². The van der Waals surface area contributed by atoms with Crippen molar-refractivity contribution in [3.05, 3.63) is 34.1 Å². The molecule has 2 aromatic rings. The molecule has 0 unspecified atom stereocenters. The first-order valence-corrected chi connectivity index (χ1v) is 4.67. The van der Waals surface area contributed by atoms with Gasteiger partial charge in [0.25, 0.3) is 0 Å². The minimum atomic E-state index is 0.493. The summed E-state index contributed by atoms with van der Waals surface area (Å²) in [6.45, 7) is 1.72. The molecule has 2 rings (SSSR count). The van der Waals surface area contributed by atoms with Gasteiger partial charge in [0.15, 0.2) is 0 Å². The highest BCUT2D eigenvalue weighted by molar-refractivity contribution is 6.35. The monoisotopic (exact) mass is 228 g/mol. The molecule has 0 saturated heterocycles. The maximum atomic E-state index is 5.84. The van der Waals surface area contributed by atoms with Crippen molar-refractivity contribution in [2.45, 2.75) is 6.92 Å². The van der Waals surface area contributed by atoms with Crippen LogP contribution in [0.2, 0.25) is 10.0 Å². The van der Waals surface area contributed by atoms with Gasteiger partial charge in [-0.05, 0) is 18.2 Å². The van der Waals surface area contributed by atoms with Gasteiger partial charge in [-0.1, -0.05) is 28.4 Å². The predicted molar refractivity (Wildman–Crippen MR) is 54.5 cm³/mol. The number of aryl methyl sites for hydroxylation is 1. The number of rotatable bonds is 1. The highest BCUT2D eigenvalue weighted by Crippen LogP contribution is 2.25. The number of hydrogen-bond acceptors (Lipinski definition) is 3. The van der Waals surface area contributed by atoms with Crippen molar-refractivity contribution >= 4 is 23.2 Å². The molecule has 1 aromatic carbocycles. The van der Waals surface area contributed by atoms with E-state index in [2.05, 4.69) is 10.1 Å². The van der Waals surface area contributed by atoms with Crippen molar-refractivity contribution in [3.8, 4) is 11.4 Å². The molecule has 0 bridgehead atoms. The lowest BCUT2D eigenvalue weighted by Gasteiger charge is -1.96. The summed E-state index contributed by atoms with van der Waals surface area (Å²) in [4.78, 5) is 4.07. The lowest BCUT2D eigenvalue weighted by Crippen LogP contribution is -1.81. The Morgan fingerprint density at radius 3 is 2.29 bits per heavy atom. The van der Waals surface area contributed by atoms with Gasteiger partial charge in [0.2, 0.25) is 11.7 Å². The lowest BCUT2D eigenvalue weighted by atomic mass is 10.2. The second kappa shape index (κ2) is 3.59. The molecule has 0 saturated carbocycles. The zero-order chi connectivity index (χ0) is 10.1. The molecule has 0 N–H and O–H groups in total. The van der Waals surface area contributed by atoms with E-state index in [-0.39, 0.29) is 0 Å². The molecule has 5 heteroatoms. The van der Waals surface area contributed by atoms with Crippen LogP contribution in [0.1, 0.15) is 5.89 Å². The van der Waals surface area contributed by atoms with Gasteiger partial charge in [-0.2, -0.15) is 4.98 Å². The second-order valence-electron chi connectivity index (χ2n) is 2.80. The van der Waals surface area contributed by atoms with Crippen molar-refractivity contribution in [1.29, 1.82) is 0 Å². The van der Waals surface area contributed by atoms with Crippen molar-refractivity contribution in [2.24, 2.45) is 0 Å². The average molecular weight is 229 g/mol. The smallest absolute Gasteiger partial charge is 0.223 e. The molecule has 0 atom stereocenters. The fourth-order valence-electron chi connectivity index (χ4n) is 1.10. The van der Waals surface area contributed by atoms with Gasteiger partial charge in [0, 0.05) is 22.5 Å². The van der Waals surface area contributed by atoms with E-state index < -0.39 is 0 Å². The minimum Gasteiger partial charge on any atom is -0.339 e. The Morgan fingerprint density at radius 1 is 1.14 bits per heavy atom. The summed E-state index contributed by atoms with van der Waals surface area (Å²) in [5.41, 5.74) is 0.749. The van der Waals surface area contributed by atoms with Crippen LogP contribution < -0.4 is 0 Å². The summed E-state index contributed by atoms with van der Waals surface area (Å²) in [5.74, 6) is 1.00. The fourth-order valence-corrected chi connectivity index (χ4v) is 1.63. The van der Waals surface area contributed by atoms with Crippen molar-refractivity contribution in [1.82, 2.24) is 10.1 Å². The van der Waals surface area contributed by atoms with Crippen LogP contribution in [0, 0.1) is 6.92 Å². The van der Waals surface area contributed by atoms with Gasteiger partial charge in [-0.15, -0.1) is 0 Å². The predicted octanol–water partition coefficient (Wildman–Crippen LogP) is 3.35. The standard InChI is InChI=1S/C9H6Cl2N2O/c1-5-12-9(13-14-5)6-2-7(10)4-8(11)3-6/h2-4H,1H3. The number of nitrogens with zero attached hydrogens (tertiary/aromatic N) is 2. The Labute approximate surface area is 90.6 Å². The third kappa shape index (κ3) is 1.89. The highest BCUT2D eigenvalue weighted by Gasteiger charge is 2.07. The molecule has 0 aliphatic carbocycles. The first-order chi connectivity index (χ1) is 6.65. The van der Waals surface area contributed by atoms with E-state index >= 15 is 0 Å². The Hall–Kier alpha value is -1.06. The number of aromatic nitrogens is 2. The van der Waals surface area contributed by atoms with Crippen LogP contribution in [0.15, 0.2) is 22.7 Å². The number of halogens is 2. The molecule has 0 radical (unpaired) electrons. The van der Waals surface area contributed by atoms with Crippen molar-refractivity contribution in [3.63, 3.8) is 0 Å². The summed E-state index contributed by atoms with van der Waals surface area (Å²) >= 11 is 11.7. The van der Waals surface area contributed by atoms with E-state index in [0.717, 1.165) is 5.56 Å². The summed E-state index contributed by atoms with van der Waals surface area (Å²) < 4.78 is 4.85. The SMILES string of the molecule is Cc1nc(-c2cc(Cl)cc(Cl)c2)no1. The summed E-state index contributed by atoms with van der Waals surface area (Å²) in [5, 5.41) is 4.87. The highest BCUT2D eigenvalue weighted by atomic mass is 35.5. The topological polar surface area (TPSA) is 38.9 Å². The Kier molecular flexibility index (Phi) is 2.44. The van der Waals surface area contributed by atoms with Gasteiger partial charge in [0.1, 0.15) is 0 Å². The van der Waals surface area contributed by atoms with Crippen LogP contribution in [0.4, 0.5) is 0 Å². The summed E-state index contributed by atoms with van der Waals surface area (Å²) in [6.07, 6.45) is 0. The van der Waals surface area contributed by atoms with E-state index in [9.17, 15) is 0 Å². The third-order valence-corrected chi connectivity index (χ3v) is 2.08. The molecule has 14 heavy (non-hydrogen) atoms. The van der Waals surface area contributed by atoms with Crippen LogP contribution in [-0.2, 0) is 0 Å². The van der Waals surface area contributed by atoms with Gasteiger partial charge in [-0.25, -0.2) is 0 Å². The van der Waals surface area contributed by atoms with Crippen LogP contribution in [0.25, 0.3) is 11.4 Å². The van der Waals surface area contributed by atoms with Crippen molar-refractivity contribution < 1.29 is 4.52 Å². The van der Waals surface area contributed by atoms with E-state index in [1.165, 1.54) is 0 Å². The molecule has 0 aliphatic heterocycles. The first-order valence-electron chi connectivity index (χ1n) is 3.92.